The van der Waals surface area contributed by atoms with Crippen molar-refractivity contribution in [3.63, 3.8) is 0 Å². The van der Waals surface area contributed by atoms with Gasteiger partial charge in [0.1, 0.15) is 11.6 Å². The highest BCUT2D eigenvalue weighted by Crippen LogP contribution is 2.58. The van der Waals surface area contributed by atoms with E-state index in [0.29, 0.717) is 30.8 Å². The van der Waals surface area contributed by atoms with Crippen molar-refractivity contribution in [3.8, 4) is 17.1 Å². The van der Waals surface area contributed by atoms with Crippen molar-refractivity contribution >= 4 is 27.6 Å². The molecule has 2 aliphatic carbocycles. The minimum atomic E-state index is -4.35. The third kappa shape index (κ3) is 3.07. The Balaban J connectivity index is 1.42. The highest BCUT2D eigenvalue weighted by molar-refractivity contribution is 7.92. The molecular formula is C23H21FN4O5S. The lowest BCUT2D eigenvalue weighted by Crippen LogP contribution is -2.28. The number of fused-ring (bicyclic) bond motifs is 4. The second-order valence-electron chi connectivity index (χ2n) is 8.79. The third-order valence-corrected chi connectivity index (χ3v) is 8.19. The first-order valence-electron chi connectivity index (χ1n) is 10.9. The van der Waals surface area contributed by atoms with Crippen molar-refractivity contribution in [1.29, 1.82) is 0 Å². The van der Waals surface area contributed by atoms with E-state index in [1.165, 1.54) is 19.2 Å². The molecule has 3 aromatic rings. The summed E-state index contributed by atoms with van der Waals surface area (Å²) in [7, 11) is -3.07. The highest BCUT2D eigenvalue weighted by atomic mass is 32.2. The number of hydrogen-bond acceptors (Lipinski definition) is 6. The maximum absolute atomic E-state index is 14.5. The quantitative estimate of drug-likeness (QED) is 0.574. The molecule has 2 amide bonds. The molecule has 1 aromatic heterocycles. The molecule has 2 heterocycles. The molecule has 2 aromatic carbocycles. The summed E-state index contributed by atoms with van der Waals surface area (Å²) in [6, 6.07) is 9.48. The van der Waals surface area contributed by atoms with E-state index < -0.39 is 20.7 Å². The lowest BCUT2D eigenvalue weighted by Gasteiger charge is -2.26. The molecule has 0 radical (unpaired) electrons. The number of carbonyl (C=O) groups is 1. The molecule has 1 saturated carbocycles. The molecule has 1 saturated heterocycles. The summed E-state index contributed by atoms with van der Waals surface area (Å²) in [6.45, 7) is 1.13. The SMILES string of the molecule is COc1cccc(F)c1S(=O)(=O)Nc1noc2c1CC1(CC1)c1ccc(N3CCNC3=O)cc1-2. The number of carbonyl (C=O) groups excluding carboxylic acids is 1. The van der Waals surface area contributed by atoms with Gasteiger partial charge in [-0.1, -0.05) is 17.3 Å². The molecule has 0 unspecified atom stereocenters. The molecule has 1 spiro atoms. The van der Waals surface area contributed by atoms with Crippen molar-refractivity contribution in [3.05, 3.63) is 53.3 Å². The third-order valence-electron chi connectivity index (χ3n) is 6.80. The Bertz CT molecular complexity index is 1450. The lowest BCUT2D eigenvalue weighted by atomic mass is 9.79. The second kappa shape index (κ2) is 7.20. The van der Waals surface area contributed by atoms with Gasteiger partial charge < -0.3 is 14.6 Å². The van der Waals surface area contributed by atoms with Crippen LogP contribution in [0, 0.1) is 5.82 Å². The highest BCUT2D eigenvalue weighted by Gasteiger charge is 2.51. The average molecular weight is 485 g/mol. The van der Waals surface area contributed by atoms with Gasteiger partial charge in [-0.25, -0.2) is 17.6 Å². The van der Waals surface area contributed by atoms with Gasteiger partial charge in [0.15, 0.2) is 16.5 Å². The number of rotatable bonds is 5. The topological polar surface area (TPSA) is 114 Å². The van der Waals surface area contributed by atoms with E-state index in [4.69, 9.17) is 9.26 Å². The Morgan fingerprint density at radius 3 is 2.79 bits per heavy atom. The number of anilines is 2. The molecular weight excluding hydrogens is 463 g/mol. The van der Waals surface area contributed by atoms with E-state index in [2.05, 4.69) is 15.2 Å². The van der Waals surface area contributed by atoms with E-state index in [0.717, 1.165) is 35.7 Å². The molecule has 6 rings (SSSR count). The van der Waals surface area contributed by atoms with E-state index in [9.17, 15) is 17.6 Å². The maximum Gasteiger partial charge on any atom is 0.321 e. The fraction of sp³-hybridized carbons (Fsp3) is 0.304. The van der Waals surface area contributed by atoms with Gasteiger partial charge in [0.05, 0.1) is 7.11 Å². The summed E-state index contributed by atoms with van der Waals surface area (Å²) in [6.07, 6.45) is 2.44. The van der Waals surface area contributed by atoms with Gasteiger partial charge in [0.2, 0.25) is 0 Å². The zero-order valence-corrected chi connectivity index (χ0v) is 19.0. The normalized spacial score (nSPS) is 17.8. The number of aromatic nitrogens is 1. The molecule has 34 heavy (non-hydrogen) atoms. The number of nitrogens with zero attached hydrogens (tertiary/aromatic N) is 2. The number of nitrogens with one attached hydrogen (secondary N) is 2. The summed E-state index contributed by atoms with van der Waals surface area (Å²) in [4.78, 5) is 13.2. The summed E-state index contributed by atoms with van der Waals surface area (Å²) >= 11 is 0. The first-order valence-corrected chi connectivity index (χ1v) is 12.4. The fourth-order valence-electron chi connectivity index (χ4n) is 4.95. The van der Waals surface area contributed by atoms with Crippen LogP contribution in [0.15, 0.2) is 45.8 Å². The van der Waals surface area contributed by atoms with Crippen LogP contribution in [0.2, 0.25) is 0 Å². The second-order valence-corrected chi connectivity index (χ2v) is 10.4. The molecule has 0 bridgehead atoms. The van der Waals surface area contributed by atoms with Gasteiger partial charge >= 0.3 is 6.03 Å². The zero-order chi connectivity index (χ0) is 23.7. The zero-order valence-electron chi connectivity index (χ0n) is 18.2. The molecule has 1 aliphatic heterocycles. The molecule has 3 aliphatic rings. The Morgan fingerprint density at radius 2 is 2.09 bits per heavy atom. The Hall–Kier alpha value is -3.60. The van der Waals surface area contributed by atoms with E-state index in [1.807, 2.05) is 18.2 Å². The first kappa shape index (κ1) is 21.0. The molecule has 2 fully saturated rings. The van der Waals surface area contributed by atoms with Gasteiger partial charge in [-0.2, -0.15) is 0 Å². The van der Waals surface area contributed by atoms with E-state index >= 15 is 0 Å². The van der Waals surface area contributed by atoms with Crippen LogP contribution in [-0.4, -0.2) is 39.8 Å². The standard InChI is InChI=1S/C23H21FN4O5S/c1-32-18-4-2-3-17(24)20(18)34(30,31)27-21-15-12-23(7-8-23)16-6-5-13(28-10-9-25-22(28)29)11-14(16)19(15)33-26-21/h2-6,11H,7-10,12H2,1H3,(H,25,29)(H,26,27). The van der Waals surface area contributed by atoms with Crippen LogP contribution in [0.5, 0.6) is 5.75 Å². The monoisotopic (exact) mass is 484 g/mol. The number of hydrogen-bond donors (Lipinski definition) is 2. The van der Waals surface area contributed by atoms with E-state index in [-0.39, 0.29) is 23.0 Å². The number of methoxy groups -OCH3 is 1. The minimum absolute atomic E-state index is 0.0292. The predicted molar refractivity (Wildman–Crippen MR) is 121 cm³/mol. The van der Waals surface area contributed by atoms with Crippen molar-refractivity contribution in [2.24, 2.45) is 0 Å². The Labute approximate surface area is 194 Å². The van der Waals surface area contributed by atoms with Gasteiger partial charge in [0.25, 0.3) is 10.0 Å². The number of urea groups is 1. The number of benzene rings is 2. The Kier molecular flexibility index (Phi) is 4.44. The first-order chi connectivity index (χ1) is 16.3. The number of halogens is 1. The van der Waals surface area contributed by atoms with Gasteiger partial charge in [-0.15, -0.1) is 0 Å². The summed E-state index contributed by atoms with van der Waals surface area (Å²) < 4.78 is 53.8. The van der Waals surface area contributed by atoms with Crippen LogP contribution in [0.1, 0.15) is 24.0 Å². The summed E-state index contributed by atoms with van der Waals surface area (Å²) in [5.41, 5.74) is 3.11. The van der Waals surface area contributed by atoms with Crippen molar-refractivity contribution in [2.45, 2.75) is 29.6 Å². The largest absolute Gasteiger partial charge is 0.495 e. The fourth-order valence-corrected chi connectivity index (χ4v) is 6.21. The van der Waals surface area contributed by atoms with E-state index in [1.54, 1.807) is 4.90 Å². The van der Waals surface area contributed by atoms with Crippen LogP contribution in [-0.2, 0) is 21.9 Å². The summed E-state index contributed by atoms with van der Waals surface area (Å²) in [5.74, 6) is -0.558. The lowest BCUT2D eigenvalue weighted by molar-refractivity contribution is 0.252. The van der Waals surface area contributed by atoms with Crippen molar-refractivity contribution in [1.82, 2.24) is 10.5 Å². The van der Waals surface area contributed by atoms with Crippen LogP contribution in [0.25, 0.3) is 11.3 Å². The van der Waals surface area contributed by atoms with Crippen LogP contribution in [0.3, 0.4) is 0 Å². The maximum atomic E-state index is 14.5. The molecule has 176 valence electrons. The molecule has 2 N–H and O–H groups in total. The number of sulfonamides is 1. The predicted octanol–water partition coefficient (Wildman–Crippen LogP) is 3.41. The Morgan fingerprint density at radius 1 is 1.26 bits per heavy atom. The van der Waals surface area contributed by atoms with Crippen molar-refractivity contribution in [2.75, 3.05) is 29.8 Å². The van der Waals surface area contributed by atoms with Crippen molar-refractivity contribution < 1.29 is 26.9 Å². The minimum Gasteiger partial charge on any atom is -0.495 e. The van der Waals surface area contributed by atoms with Crippen LogP contribution < -0.4 is 19.7 Å². The van der Waals surface area contributed by atoms with Gasteiger partial charge in [-0.3, -0.25) is 9.62 Å². The molecule has 0 atom stereocenters. The van der Waals surface area contributed by atoms with Crippen LogP contribution >= 0.6 is 0 Å². The average Bonchev–Trinajstić information content (AvgIpc) is 3.27. The molecule has 9 nitrogen and oxygen atoms in total. The summed E-state index contributed by atoms with van der Waals surface area (Å²) in [5, 5.41) is 6.80. The van der Waals surface area contributed by atoms with Gasteiger partial charge in [-0.05, 0) is 49.1 Å². The number of amides is 2. The smallest absolute Gasteiger partial charge is 0.321 e. The van der Waals surface area contributed by atoms with Crippen LogP contribution in [0.4, 0.5) is 20.7 Å². The molecule has 11 heteroatoms. The van der Waals surface area contributed by atoms with Gasteiger partial charge in [0, 0.05) is 35.3 Å². The number of ether oxygens (including phenoxy) is 1.